The Bertz CT molecular complexity index is 1210. The van der Waals surface area contributed by atoms with Crippen LogP contribution in [0.5, 0.6) is 0 Å². The number of carbonyl (C=O) groups excluding carboxylic acids is 1. The number of nitrogens with zero attached hydrogens (tertiary/aromatic N) is 3. The van der Waals surface area contributed by atoms with E-state index in [9.17, 15) is 9.90 Å². The molecule has 0 fully saturated rings. The number of benzene rings is 2. The molecule has 3 N–H and O–H groups in total. The fourth-order valence-corrected chi connectivity index (χ4v) is 4.00. The second-order valence-corrected chi connectivity index (χ2v) is 8.61. The summed E-state index contributed by atoms with van der Waals surface area (Å²) in [7, 11) is 9.30. The van der Waals surface area contributed by atoms with Gasteiger partial charge in [-0.3, -0.25) is 19.7 Å². The zero-order valence-electron chi connectivity index (χ0n) is 19.8. The number of aliphatic hydroxyl groups is 1. The van der Waals surface area contributed by atoms with Crippen molar-refractivity contribution in [2.45, 2.75) is 32.4 Å². The van der Waals surface area contributed by atoms with E-state index < -0.39 is 5.50 Å². The van der Waals surface area contributed by atoms with Crippen LogP contribution in [0.1, 0.15) is 45.2 Å². The van der Waals surface area contributed by atoms with E-state index in [1.54, 1.807) is 43.7 Å². The Morgan fingerprint density at radius 2 is 2.03 bits per heavy atom. The summed E-state index contributed by atoms with van der Waals surface area (Å²) in [5.74, 6) is -0.355. The quantitative estimate of drug-likeness (QED) is 0.233. The first-order valence-corrected chi connectivity index (χ1v) is 10.8. The minimum absolute atomic E-state index is 0.291. The monoisotopic (exact) mass is 458 g/mol. The molecule has 1 unspecified atom stereocenters. The van der Waals surface area contributed by atoms with Crippen LogP contribution in [0.4, 0.5) is 10.1 Å². The van der Waals surface area contributed by atoms with Crippen LogP contribution < -0.4 is 5.73 Å². The van der Waals surface area contributed by atoms with E-state index in [1.165, 1.54) is 13.0 Å². The van der Waals surface area contributed by atoms with E-state index in [0.29, 0.717) is 57.9 Å². The van der Waals surface area contributed by atoms with Gasteiger partial charge in [-0.05, 0) is 61.3 Å². The molecule has 0 saturated heterocycles. The van der Waals surface area contributed by atoms with Gasteiger partial charge in [-0.1, -0.05) is 18.2 Å². The third-order valence-electron chi connectivity index (χ3n) is 5.72. The number of aldehydes is 1. The Labute approximate surface area is 200 Å². The number of aryl methyl sites for hydroxylation is 1. The van der Waals surface area contributed by atoms with Crippen molar-refractivity contribution in [3.8, 4) is 11.1 Å². The number of anilines is 1. The van der Waals surface area contributed by atoms with Crippen LogP contribution in [0.3, 0.4) is 0 Å². The zero-order valence-corrected chi connectivity index (χ0v) is 19.8. The summed E-state index contributed by atoms with van der Waals surface area (Å²) >= 11 is 0. The fraction of sp³-hybridized carbons (Fsp3) is 0.269. The van der Waals surface area contributed by atoms with E-state index in [1.807, 2.05) is 24.9 Å². The number of hydrogen-bond acceptors (Lipinski definition) is 6. The highest BCUT2D eigenvalue weighted by Crippen LogP contribution is 2.35. The van der Waals surface area contributed by atoms with Crippen molar-refractivity contribution in [1.82, 2.24) is 9.88 Å². The second kappa shape index (κ2) is 10.3. The fourth-order valence-electron chi connectivity index (χ4n) is 4.00. The average molecular weight is 458 g/mol. The van der Waals surface area contributed by atoms with Crippen LogP contribution in [0.25, 0.3) is 11.1 Å². The maximum atomic E-state index is 15.3. The third-order valence-corrected chi connectivity index (χ3v) is 5.72. The van der Waals surface area contributed by atoms with Gasteiger partial charge in [0.1, 0.15) is 13.7 Å². The van der Waals surface area contributed by atoms with Gasteiger partial charge in [-0.15, -0.1) is 0 Å². The number of nitrogens with two attached hydrogens (primary N) is 1. The maximum absolute atomic E-state index is 15.3. The Morgan fingerprint density at radius 1 is 1.29 bits per heavy atom. The number of aliphatic imine (C=N–C) groups is 1. The van der Waals surface area contributed by atoms with Gasteiger partial charge in [0.25, 0.3) is 0 Å². The molecular formula is C26H28BFN4O2. The van der Waals surface area contributed by atoms with Crippen molar-refractivity contribution in [2.75, 3.05) is 19.8 Å². The van der Waals surface area contributed by atoms with Gasteiger partial charge in [0.2, 0.25) is 0 Å². The first-order valence-electron chi connectivity index (χ1n) is 10.8. The molecule has 0 saturated carbocycles. The van der Waals surface area contributed by atoms with E-state index >= 15 is 4.39 Å². The van der Waals surface area contributed by atoms with Crippen molar-refractivity contribution >= 4 is 26.0 Å². The van der Waals surface area contributed by atoms with E-state index in [4.69, 9.17) is 13.6 Å². The van der Waals surface area contributed by atoms with E-state index in [-0.39, 0.29) is 5.82 Å². The molecule has 6 nitrogen and oxygen atoms in total. The van der Waals surface area contributed by atoms with Crippen molar-refractivity contribution in [2.24, 2.45) is 4.99 Å². The largest absolute Gasteiger partial charge is 0.398 e. The Morgan fingerprint density at radius 3 is 2.65 bits per heavy atom. The molecule has 1 heterocycles. The molecule has 1 atom stereocenters. The van der Waals surface area contributed by atoms with Gasteiger partial charge in [0.15, 0.2) is 6.29 Å². The summed E-state index contributed by atoms with van der Waals surface area (Å²) in [5.41, 5.74) is 9.70. The van der Waals surface area contributed by atoms with Gasteiger partial charge in [0, 0.05) is 60.4 Å². The first-order chi connectivity index (χ1) is 16.1. The number of halogens is 1. The lowest BCUT2D eigenvalue weighted by Crippen LogP contribution is -2.23. The molecule has 0 bridgehead atoms. The zero-order chi connectivity index (χ0) is 25.0. The van der Waals surface area contributed by atoms with Crippen molar-refractivity contribution < 1.29 is 14.3 Å². The lowest BCUT2D eigenvalue weighted by molar-refractivity contribution is 0.112. The van der Waals surface area contributed by atoms with Crippen LogP contribution in [0.2, 0.25) is 0 Å². The third kappa shape index (κ3) is 5.40. The van der Waals surface area contributed by atoms with Gasteiger partial charge >= 0.3 is 0 Å². The molecule has 0 aliphatic heterocycles. The molecule has 2 aromatic carbocycles. The van der Waals surface area contributed by atoms with Crippen molar-refractivity contribution in [3.05, 3.63) is 81.9 Å². The highest BCUT2D eigenvalue weighted by atomic mass is 19.1. The maximum Gasteiger partial charge on any atom is 0.151 e. The van der Waals surface area contributed by atoms with Crippen LogP contribution in [-0.2, 0) is 18.6 Å². The minimum Gasteiger partial charge on any atom is -0.398 e. The van der Waals surface area contributed by atoms with Crippen molar-refractivity contribution in [3.63, 3.8) is 0 Å². The van der Waals surface area contributed by atoms with Gasteiger partial charge < -0.3 is 10.8 Å². The Hall–Kier alpha value is -3.36. The SMILES string of the molecule is [B]C(C)(O)c1ccc(-c2cc(C)c(CN(C)Cc3ncccc3C=O)c(F)c2)c(C=NC)c1N. The molecule has 2 radical (unpaired) electrons. The first kappa shape index (κ1) is 25.3. The summed E-state index contributed by atoms with van der Waals surface area (Å²) < 4.78 is 15.3. The van der Waals surface area contributed by atoms with Crippen LogP contribution in [-0.4, -0.2) is 49.4 Å². The molecule has 174 valence electrons. The number of aromatic nitrogens is 1. The number of nitrogen functional groups attached to an aromatic ring is 1. The number of hydrogen-bond donors (Lipinski definition) is 2. The summed E-state index contributed by atoms with van der Waals surface area (Å²) in [5, 5.41) is 10.2. The number of carbonyl (C=O) groups is 1. The Kier molecular flexibility index (Phi) is 7.64. The van der Waals surface area contributed by atoms with E-state index in [0.717, 1.165) is 11.8 Å². The molecule has 3 aromatic rings. The molecule has 0 amide bonds. The summed E-state index contributed by atoms with van der Waals surface area (Å²) in [4.78, 5) is 21.5. The molecule has 0 spiro atoms. The molecule has 3 rings (SSSR count). The highest BCUT2D eigenvalue weighted by molar-refractivity contribution is 6.15. The number of rotatable bonds is 8. The molecule has 34 heavy (non-hydrogen) atoms. The smallest absolute Gasteiger partial charge is 0.151 e. The lowest BCUT2D eigenvalue weighted by atomic mass is 9.75. The van der Waals surface area contributed by atoms with Crippen molar-refractivity contribution in [1.29, 1.82) is 0 Å². The standard InChI is InChI=1S/C26H28BFN4O2/c1-16-10-18(19-7-8-22(26(2,27)34)25(29)20(19)12-30-3)11-23(28)21(16)13-32(4)14-24-17(15-33)6-5-9-31-24/h5-12,15,34H,13-14,29H2,1-4H3. The molecule has 0 aliphatic rings. The Balaban J connectivity index is 1.96. The van der Waals surface area contributed by atoms with Crippen LogP contribution in [0.15, 0.2) is 47.6 Å². The predicted octanol–water partition coefficient (Wildman–Crippen LogP) is 3.61. The van der Waals surface area contributed by atoms with E-state index in [2.05, 4.69) is 9.98 Å². The highest BCUT2D eigenvalue weighted by Gasteiger charge is 2.22. The minimum atomic E-state index is -1.62. The van der Waals surface area contributed by atoms with Gasteiger partial charge in [-0.2, -0.15) is 0 Å². The topological polar surface area (TPSA) is 91.8 Å². The average Bonchev–Trinajstić information content (AvgIpc) is 2.77. The van der Waals surface area contributed by atoms with Gasteiger partial charge in [-0.25, -0.2) is 4.39 Å². The van der Waals surface area contributed by atoms with Crippen LogP contribution >= 0.6 is 0 Å². The molecule has 1 aromatic heterocycles. The summed E-state index contributed by atoms with van der Waals surface area (Å²) in [6, 6.07) is 10.2. The molecular weight excluding hydrogens is 430 g/mol. The lowest BCUT2D eigenvalue weighted by Gasteiger charge is -2.24. The normalized spacial score (nSPS) is 13.4. The van der Waals surface area contributed by atoms with Crippen LogP contribution in [0, 0.1) is 12.7 Å². The molecule has 0 aliphatic carbocycles. The summed E-state index contributed by atoms with van der Waals surface area (Å²) in [6.45, 7) is 4.05. The number of pyridine rings is 1. The molecule has 8 heteroatoms. The second-order valence-electron chi connectivity index (χ2n) is 8.61. The summed E-state index contributed by atoms with van der Waals surface area (Å²) in [6.07, 6.45) is 3.98. The predicted molar refractivity (Wildman–Crippen MR) is 135 cm³/mol. The van der Waals surface area contributed by atoms with Gasteiger partial charge in [0.05, 0.1) is 5.69 Å².